The second-order valence-corrected chi connectivity index (χ2v) is 11.1. The number of esters is 2. The molecule has 0 aliphatic rings. The first-order valence-corrected chi connectivity index (χ1v) is 14.7. The number of rotatable bonds is 24. The third kappa shape index (κ3) is 24.1. The minimum atomic E-state index is -0.0207. The molecular formula is C30H58O4. The van der Waals surface area contributed by atoms with Crippen LogP contribution in [0.3, 0.4) is 0 Å². The van der Waals surface area contributed by atoms with Crippen molar-refractivity contribution < 1.29 is 19.1 Å². The van der Waals surface area contributed by atoms with E-state index in [1.807, 2.05) is 0 Å². The Bertz CT molecular complexity index is 472. The predicted octanol–water partition coefficient (Wildman–Crippen LogP) is 9.04. The molecule has 0 aliphatic carbocycles. The molecule has 0 saturated carbocycles. The zero-order valence-corrected chi connectivity index (χ0v) is 23.5. The maximum absolute atomic E-state index is 12.0. The molecule has 0 bridgehead atoms. The van der Waals surface area contributed by atoms with Crippen LogP contribution < -0.4 is 0 Å². The van der Waals surface area contributed by atoms with Crippen molar-refractivity contribution in [2.24, 2.45) is 17.8 Å². The van der Waals surface area contributed by atoms with E-state index in [9.17, 15) is 9.59 Å². The molecule has 0 heterocycles. The van der Waals surface area contributed by atoms with E-state index in [-0.39, 0.29) is 11.9 Å². The summed E-state index contributed by atoms with van der Waals surface area (Å²) in [5.41, 5.74) is 0. The smallest absolute Gasteiger partial charge is 0.306 e. The van der Waals surface area contributed by atoms with Gasteiger partial charge in [-0.25, -0.2) is 0 Å². The van der Waals surface area contributed by atoms with Crippen molar-refractivity contribution in [1.29, 1.82) is 0 Å². The van der Waals surface area contributed by atoms with Gasteiger partial charge in [-0.05, 0) is 56.3 Å². The van der Waals surface area contributed by atoms with Crippen molar-refractivity contribution in [3.8, 4) is 0 Å². The third-order valence-electron chi connectivity index (χ3n) is 6.65. The quantitative estimate of drug-likeness (QED) is 0.102. The van der Waals surface area contributed by atoms with Crippen LogP contribution in [-0.2, 0) is 19.1 Å². The van der Waals surface area contributed by atoms with Gasteiger partial charge in [0.05, 0.1) is 13.2 Å². The third-order valence-corrected chi connectivity index (χ3v) is 6.65. The number of ether oxygens (including phenoxy) is 2. The molecule has 0 rings (SSSR count). The molecule has 0 spiro atoms. The Hall–Kier alpha value is -1.06. The van der Waals surface area contributed by atoms with E-state index in [1.54, 1.807) is 0 Å². The Morgan fingerprint density at radius 2 is 1.00 bits per heavy atom. The lowest BCUT2D eigenvalue weighted by molar-refractivity contribution is -0.145. The maximum atomic E-state index is 12.0. The van der Waals surface area contributed by atoms with E-state index in [1.165, 1.54) is 51.4 Å². The molecule has 0 aliphatic heterocycles. The normalized spacial score (nSPS) is 12.3. The fraction of sp³-hybridized carbons (Fsp3) is 0.933. The van der Waals surface area contributed by atoms with Crippen LogP contribution in [0.4, 0.5) is 0 Å². The lowest BCUT2D eigenvalue weighted by Gasteiger charge is -2.14. The Morgan fingerprint density at radius 1 is 0.559 bits per heavy atom. The molecular weight excluding hydrogens is 424 g/mol. The molecule has 4 heteroatoms. The Kier molecular flexibility index (Phi) is 22.9. The number of hydrogen-bond donors (Lipinski definition) is 0. The minimum Gasteiger partial charge on any atom is -0.466 e. The average Bonchev–Trinajstić information content (AvgIpc) is 2.79. The average molecular weight is 483 g/mol. The first kappa shape index (κ1) is 32.9. The molecule has 0 N–H and O–H groups in total. The number of carbonyl (C=O) groups excluding carboxylic acids is 2. The highest BCUT2D eigenvalue weighted by Gasteiger charge is 2.13. The topological polar surface area (TPSA) is 52.6 Å². The number of unbranched alkanes of at least 4 members (excludes halogenated alkanes) is 9. The zero-order valence-electron chi connectivity index (χ0n) is 23.5. The summed E-state index contributed by atoms with van der Waals surface area (Å²) in [6, 6.07) is 0. The fourth-order valence-corrected chi connectivity index (χ4v) is 4.29. The van der Waals surface area contributed by atoms with Crippen LogP contribution in [0.2, 0.25) is 0 Å². The van der Waals surface area contributed by atoms with Crippen LogP contribution in [0.25, 0.3) is 0 Å². The second kappa shape index (κ2) is 23.7. The van der Waals surface area contributed by atoms with Crippen molar-refractivity contribution in [2.75, 3.05) is 13.2 Å². The van der Waals surface area contributed by atoms with Gasteiger partial charge in [-0.1, -0.05) is 98.8 Å². The van der Waals surface area contributed by atoms with Crippen molar-refractivity contribution in [3.63, 3.8) is 0 Å². The lowest BCUT2D eigenvalue weighted by Crippen LogP contribution is -2.12. The number of carbonyl (C=O) groups is 2. The van der Waals surface area contributed by atoms with Gasteiger partial charge in [0.25, 0.3) is 0 Å². The van der Waals surface area contributed by atoms with Crippen LogP contribution in [0.5, 0.6) is 0 Å². The molecule has 0 aromatic heterocycles. The summed E-state index contributed by atoms with van der Waals surface area (Å²) < 4.78 is 10.7. The minimum absolute atomic E-state index is 0.00543. The first-order valence-electron chi connectivity index (χ1n) is 14.7. The summed E-state index contributed by atoms with van der Waals surface area (Å²) in [4.78, 5) is 23.7. The Morgan fingerprint density at radius 3 is 1.47 bits per heavy atom. The molecule has 0 radical (unpaired) electrons. The molecule has 0 fully saturated rings. The van der Waals surface area contributed by atoms with E-state index in [4.69, 9.17) is 9.47 Å². The molecule has 0 amide bonds. The predicted molar refractivity (Wildman–Crippen MR) is 144 cm³/mol. The van der Waals surface area contributed by atoms with Gasteiger partial charge in [0, 0.05) is 12.8 Å². The van der Waals surface area contributed by atoms with Gasteiger partial charge in [-0.15, -0.1) is 0 Å². The van der Waals surface area contributed by atoms with E-state index < -0.39 is 0 Å². The molecule has 0 aromatic carbocycles. The van der Waals surface area contributed by atoms with Crippen LogP contribution in [0.1, 0.15) is 150 Å². The van der Waals surface area contributed by atoms with Crippen molar-refractivity contribution in [2.45, 2.75) is 150 Å². The van der Waals surface area contributed by atoms with E-state index in [0.717, 1.165) is 51.4 Å². The standard InChI is InChI=1S/C30H58O4/c1-6-28(25-30(32)34-24-18-20-27(4)5)21-15-13-11-9-7-8-10-12-14-16-22-29(31)33-23-17-19-26(2)3/h26-28H,6-25H2,1-5H3. The SMILES string of the molecule is CCC(CCCCCCCCCCCCC(=O)OCCCC(C)C)CC(=O)OCCCC(C)C. The molecule has 0 aromatic rings. The van der Waals surface area contributed by atoms with Crippen molar-refractivity contribution in [1.82, 2.24) is 0 Å². The summed E-state index contributed by atoms with van der Waals surface area (Å²) in [7, 11) is 0. The summed E-state index contributed by atoms with van der Waals surface area (Å²) >= 11 is 0. The van der Waals surface area contributed by atoms with Gasteiger partial charge in [0.1, 0.15) is 0 Å². The monoisotopic (exact) mass is 482 g/mol. The molecule has 4 nitrogen and oxygen atoms in total. The van der Waals surface area contributed by atoms with E-state index in [2.05, 4.69) is 34.6 Å². The number of hydrogen-bond acceptors (Lipinski definition) is 4. The maximum Gasteiger partial charge on any atom is 0.306 e. The van der Waals surface area contributed by atoms with Gasteiger partial charge < -0.3 is 9.47 Å². The zero-order chi connectivity index (χ0) is 25.4. The molecule has 1 atom stereocenters. The first-order chi connectivity index (χ1) is 16.3. The summed E-state index contributed by atoms with van der Waals surface area (Å²) in [6.45, 7) is 12.2. The van der Waals surface area contributed by atoms with E-state index in [0.29, 0.717) is 43.8 Å². The summed E-state index contributed by atoms with van der Waals surface area (Å²) in [5.74, 6) is 1.81. The van der Waals surface area contributed by atoms with Crippen LogP contribution in [-0.4, -0.2) is 25.2 Å². The van der Waals surface area contributed by atoms with Gasteiger partial charge >= 0.3 is 11.9 Å². The fourth-order valence-electron chi connectivity index (χ4n) is 4.29. The summed E-state index contributed by atoms with van der Waals surface area (Å²) in [6.07, 6.45) is 20.0. The Labute approximate surface area is 212 Å². The van der Waals surface area contributed by atoms with Gasteiger partial charge in [-0.3, -0.25) is 9.59 Å². The van der Waals surface area contributed by atoms with Crippen LogP contribution >= 0.6 is 0 Å². The van der Waals surface area contributed by atoms with Gasteiger partial charge in [0.15, 0.2) is 0 Å². The second-order valence-electron chi connectivity index (χ2n) is 11.1. The molecule has 0 saturated heterocycles. The van der Waals surface area contributed by atoms with Gasteiger partial charge in [-0.2, -0.15) is 0 Å². The van der Waals surface area contributed by atoms with Gasteiger partial charge in [0.2, 0.25) is 0 Å². The highest BCUT2D eigenvalue weighted by molar-refractivity contribution is 5.69. The van der Waals surface area contributed by atoms with Crippen molar-refractivity contribution >= 4 is 11.9 Å². The molecule has 34 heavy (non-hydrogen) atoms. The van der Waals surface area contributed by atoms with Crippen LogP contribution in [0, 0.1) is 17.8 Å². The Balaban J connectivity index is 3.45. The molecule has 202 valence electrons. The van der Waals surface area contributed by atoms with E-state index >= 15 is 0 Å². The molecule has 1 unspecified atom stereocenters. The highest BCUT2D eigenvalue weighted by atomic mass is 16.5. The van der Waals surface area contributed by atoms with Crippen LogP contribution in [0.15, 0.2) is 0 Å². The largest absolute Gasteiger partial charge is 0.466 e. The van der Waals surface area contributed by atoms with Crippen molar-refractivity contribution in [3.05, 3.63) is 0 Å². The summed E-state index contributed by atoms with van der Waals surface area (Å²) in [5, 5.41) is 0. The lowest BCUT2D eigenvalue weighted by atomic mass is 9.95. The highest BCUT2D eigenvalue weighted by Crippen LogP contribution is 2.19.